The van der Waals surface area contributed by atoms with Crippen molar-refractivity contribution in [2.75, 3.05) is 5.32 Å². The van der Waals surface area contributed by atoms with Crippen molar-refractivity contribution < 1.29 is 4.79 Å². The molecule has 0 saturated heterocycles. The maximum atomic E-state index is 12.1. The summed E-state index contributed by atoms with van der Waals surface area (Å²) in [6.07, 6.45) is 1.63. The van der Waals surface area contributed by atoms with Gasteiger partial charge in [0, 0.05) is 17.0 Å². The summed E-state index contributed by atoms with van der Waals surface area (Å²) in [6.45, 7) is 0. The molecule has 0 aliphatic rings. The van der Waals surface area contributed by atoms with Crippen molar-refractivity contribution in [2.45, 2.75) is 0 Å². The van der Waals surface area contributed by atoms with Crippen LogP contribution in [0.25, 0.3) is 10.9 Å². The Kier molecular flexibility index (Phi) is 3.15. The van der Waals surface area contributed by atoms with Crippen molar-refractivity contribution in [3.63, 3.8) is 0 Å². The number of nitrogens with zero attached hydrogens (tertiary/aromatic N) is 2. The minimum Gasteiger partial charge on any atom is -0.298 e. The van der Waals surface area contributed by atoms with Gasteiger partial charge in [0.05, 0.1) is 11.1 Å². The highest BCUT2D eigenvalue weighted by molar-refractivity contribution is 7.13. The van der Waals surface area contributed by atoms with Gasteiger partial charge in [-0.25, -0.2) is 9.97 Å². The van der Waals surface area contributed by atoms with Crippen LogP contribution in [0.1, 0.15) is 10.4 Å². The third-order valence-corrected chi connectivity index (χ3v) is 3.55. The number of amides is 1. The zero-order chi connectivity index (χ0) is 13.2. The number of fused-ring (bicyclic) bond motifs is 1. The fraction of sp³-hybridized carbons (Fsp3) is 0. The number of thiazole rings is 1. The van der Waals surface area contributed by atoms with Crippen LogP contribution in [0, 0.1) is 0 Å². The van der Waals surface area contributed by atoms with E-state index in [9.17, 15) is 4.79 Å². The maximum Gasteiger partial charge on any atom is 0.260 e. The third kappa shape index (κ3) is 2.43. The van der Waals surface area contributed by atoms with E-state index in [0.717, 1.165) is 10.9 Å². The molecule has 2 heterocycles. The van der Waals surface area contributed by atoms with E-state index in [1.54, 1.807) is 17.6 Å². The van der Waals surface area contributed by atoms with E-state index in [4.69, 9.17) is 11.6 Å². The predicted octanol–water partition coefficient (Wildman–Crippen LogP) is 3.60. The number of nitrogens with one attached hydrogen (secondary N) is 1. The molecule has 1 aromatic carbocycles. The van der Waals surface area contributed by atoms with Gasteiger partial charge < -0.3 is 0 Å². The first-order valence-corrected chi connectivity index (χ1v) is 6.76. The number of carbonyl (C=O) groups excluding carboxylic acids is 1. The molecule has 2 aromatic heterocycles. The van der Waals surface area contributed by atoms with Gasteiger partial charge in [0.25, 0.3) is 5.91 Å². The molecule has 94 valence electrons. The fourth-order valence-corrected chi connectivity index (χ4v) is 2.46. The number of para-hydroxylation sites is 1. The van der Waals surface area contributed by atoms with Gasteiger partial charge in [0.15, 0.2) is 5.13 Å². The van der Waals surface area contributed by atoms with E-state index >= 15 is 0 Å². The van der Waals surface area contributed by atoms with E-state index in [1.807, 2.05) is 24.3 Å². The van der Waals surface area contributed by atoms with Gasteiger partial charge in [-0.1, -0.05) is 29.8 Å². The Morgan fingerprint density at radius 1 is 1.32 bits per heavy atom. The lowest BCUT2D eigenvalue weighted by Gasteiger charge is -2.05. The molecule has 0 aliphatic carbocycles. The lowest BCUT2D eigenvalue weighted by Crippen LogP contribution is -2.12. The van der Waals surface area contributed by atoms with Crippen LogP contribution in [0.15, 0.2) is 41.9 Å². The van der Waals surface area contributed by atoms with Crippen molar-refractivity contribution in [1.82, 2.24) is 9.97 Å². The lowest BCUT2D eigenvalue weighted by atomic mass is 10.1. The Morgan fingerprint density at radius 3 is 2.95 bits per heavy atom. The van der Waals surface area contributed by atoms with Crippen LogP contribution in [0.5, 0.6) is 0 Å². The Bertz CT molecular complexity index is 743. The van der Waals surface area contributed by atoms with Gasteiger partial charge in [-0.05, 0) is 12.1 Å². The summed E-state index contributed by atoms with van der Waals surface area (Å²) >= 11 is 7.40. The van der Waals surface area contributed by atoms with Gasteiger partial charge in [-0.3, -0.25) is 10.1 Å². The first-order chi connectivity index (χ1) is 9.24. The number of carbonyl (C=O) groups is 1. The second kappa shape index (κ2) is 4.95. The molecular formula is C13H8ClN3OS. The van der Waals surface area contributed by atoms with Crippen LogP contribution >= 0.6 is 22.9 Å². The van der Waals surface area contributed by atoms with E-state index in [1.165, 1.54) is 11.3 Å². The van der Waals surface area contributed by atoms with Gasteiger partial charge >= 0.3 is 0 Å². The molecule has 1 N–H and O–H groups in total. The van der Waals surface area contributed by atoms with Gasteiger partial charge in [0.1, 0.15) is 5.15 Å². The van der Waals surface area contributed by atoms with Crippen molar-refractivity contribution in [2.24, 2.45) is 0 Å². The van der Waals surface area contributed by atoms with Gasteiger partial charge in [-0.15, -0.1) is 11.3 Å². The largest absolute Gasteiger partial charge is 0.298 e. The van der Waals surface area contributed by atoms with Crippen LogP contribution in [-0.2, 0) is 0 Å². The monoisotopic (exact) mass is 289 g/mol. The molecular weight excluding hydrogens is 282 g/mol. The maximum absolute atomic E-state index is 12.1. The second-order valence-corrected chi connectivity index (χ2v) is 5.06. The summed E-state index contributed by atoms with van der Waals surface area (Å²) in [5, 5.41) is 6.07. The van der Waals surface area contributed by atoms with Crippen molar-refractivity contribution in [3.8, 4) is 0 Å². The summed E-state index contributed by atoms with van der Waals surface area (Å²) in [5.41, 5.74) is 1.11. The third-order valence-electron chi connectivity index (χ3n) is 2.57. The molecule has 0 unspecified atom stereocenters. The molecule has 3 aromatic rings. The topological polar surface area (TPSA) is 54.9 Å². The standard InChI is InChI=1S/C13H8ClN3OS/c14-11-9(12(18)17-13-15-5-6-19-13)7-8-3-1-2-4-10(8)16-11/h1-7H,(H,15,17,18). The smallest absolute Gasteiger partial charge is 0.260 e. The van der Waals surface area contributed by atoms with E-state index in [2.05, 4.69) is 15.3 Å². The average molecular weight is 290 g/mol. The highest BCUT2D eigenvalue weighted by atomic mass is 35.5. The molecule has 19 heavy (non-hydrogen) atoms. The number of halogens is 1. The highest BCUT2D eigenvalue weighted by Gasteiger charge is 2.14. The molecule has 0 atom stereocenters. The molecule has 0 fully saturated rings. The van der Waals surface area contributed by atoms with Crippen molar-refractivity contribution >= 4 is 44.9 Å². The lowest BCUT2D eigenvalue weighted by molar-refractivity contribution is 0.102. The molecule has 0 saturated carbocycles. The molecule has 4 nitrogen and oxygen atoms in total. The van der Waals surface area contributed by atoms with Crippen LogP contribution in [0.2, 0.25) is 5.15 Å². The first-order valence-electron chi connectivity index (χ1n) is 5.50. The fourth-order valence-electron chi connectivity index (χ4n) is 1.70. The van der Waals surface area contributed by atoms with Crippen LogP contribution in [-0.4, -0.2) is 15.9 Å². The molecule has 0 radical (unpaired) electrons. The average Bonchev–Trinajstić information content (AvgIpc) is 2.90. The molecule has 1 amide bonds. The Labute approximate surface area is 118 Å². The van der Waals surface area contributed by atoms with E-state index < -0.39 is 0 Å². The highest BCUT2D eigenvalue weighted by Crippen LogP contribution is 2.22. The summed E-state index contributed by atoms with van der Waals surface area (Å²) in [6, 6.07) is 9.23. The van der Waals surface area contributed by atoms with Gasteiger partial charge in [-0.2, -0.15) is 0 Å². The summed E-state index contributed by atoms with van der Waals surface area (Å²) in [5.74, 6) is -0.307. The zero-order valence-electron chi connectivity index (χ0n) is 9.63. The summed E-state index contributed by atoms with van der Waals surface area (Å²) in [4.78, 5) is 20.3. The minimum atomic E-state index is -0.307. The van der Waals surface area contributed by atoms with Crippen LogP contribution < -0.4 is 5.32 Å². The Hall–Kier alpha value is -1.98. The van der Waals surface area contributed by atoms with Crippen molar-refractivity contribution in [1.29, 1.82) is 0 Å². The number of rotatable bonds is 2. The van der Waals surface area contributed by atoms with E-state index in [-0.39, 0.29) is 11.1 Å². The number of aromatic nitrogens is 2. The molecule has 0 bridgehead atoms. The molecule has 6 heteroatoms. The normalized spacial score (nSPS) is 10.6. The van der Waals surface area contributed by atoms with Crippen LogP contribution in [0.3, 0.4) is 0 Å². The van der Waals surface area contributed by atoms with Gasteiger partial charge in [0.2, 0.25) is 0 Å². The molecule has 0 aliphatic heterocycles. The number of hydrogen-bond acceptors (Lipinski definition) is 4. The summed E-state index contributed by atoms with van der Waals surface area (Å²) < 4.78 is 0. The quantitative estimate of drug-likeness (QED) is 0.733. The Balaban J connectivity index is 1.99. The zero-order valence-corrected chi connectivity index (χ0v) is 11.2. The SMILES string of the molecule is O=C(Nc1nccs1)c1cc2ccccc2nc1Cl. The number of benzene rings is 1. The first kappa shape index (κ1) is 12.1. The Morgan fingerprint density at radius 2 is 2.16 bits per heavy atom. The second-order valence-electron chi connectivity index (χ2n) is 3.81. The van der Waals surface area contributed by atoms with E-state index in [0.29, 0.717) is 10.7 Å². The van der Waals surface area contributed by atoms with Crippen molar-refractivity contribution in [3.05, 3.63) is 52.6 Å². The van der Waals surface area contributed by atoms with Crippen LogP contribution in [0.4, 0.5) is 5.13 Å². The number of pyridine rings is 1. The predicted molar refractivity (Wildman–Crippen MR) is 76.8 cm³/mol. The minimum absolute atomic E-state index is 0.188. The number of hydrogen-bond donors (Lipinski definition) is 1. The molecule has 0 spiro atoms. The summed E-state index contributed by atoms with van der Waals surface area (Å²) in [7, 11) is 0. The number of anilines is 1. The molecule has 3 rings (SSSR count).